The Morgan fingerprint density at radius 3 is 2.05 bits per heavy atom. The van der Waals surface area contributed by atoms with Gasteiger partial charge in [0.25, 0.3) is 0 Å². The lowest BCUT2D eigenvalue weighted by atomic mass is 10.0. The number of aromatic amines is 1. The zero-order chi connectivity index (χ0) is 27.0. The normalized spacial score (nSPS) is 10.9. The summed E-state index contributed by atoms with van der Waals surface area (Å²) < 4.78 is 17.2. The summed E-state index contributed by atoms with van der Waals surface area (Å²) in [6.07, 6.45) is 0. The van der Waals surface area contributed by atoms with E-state index in [9.17, 15) is 9.59 Å². The van der Waals surface area contributed by atoms with Gasteiger partial charge in [-0.2, -0.15) is 0 Å². The van der Waals surface area contributed by atoms with Gasteiger partial charge in [0.1, 0.15) is 38.3 Å². The van der Waals surface area contributed by atoms with Crippen LogP contribution in [-0.2, 0) is 0 Å². The molecule has 0 fully saturated rings. The van der Waals surface area contributed by atoms with Gasteiger partial charge >= 0.3 is 0 Å². The number of hydrogen-bond acceptors (Lipinski definition) is 5. The predicted octanol–water partition coefficient (Wildman–Crippen LogP) is 7.56. The lowest BCUT2D eigenvalue weighted by molar-refractivity contribution is 0.101. The van der Waals surface area contributed by atoms with Crippen LogP contribution in [0.5, 0.6) is 17.2 Å². The average Bonchev–Trinajstić information content (AvgIpc) is 3.36. The number of ether oxygens (including phenoxy) is 3. The van der Waals surface area contributed by atoms with Crippen LogP contribution in [0.1, 0.15) is 32.1 Å². The highest BCUT2D eigenvalue weighted by atomic mass is 35.5. The minimum atomic E-state index is -0.570. The number of H-pyrrole nitrogens is 1. The average molecular weight is 603 g/mol. The van der Waals surface area contributed by atoms with E-state index in [0.717, 1.165) is 0 Å². The molecule has 0 atom stereocenters. The van der Waals surface area contributed by atoms with E-state index in [1.807, 2.05) is 0 Å². The van der Waals surface area contributed by atoms with Crippen LogP contribution in [0.25, 0.3) is 5.69 Å². The number of aromatic nitrogens is 2. The molecule has 0 aliphatic carbocycles. The van der Waals surface area contributed by atoms with Gasteiger partial charge in [-0.25, -0.2) is 0 Å². The second-order valence-corrected chi connectivity index (χ2v) is 9.45. The van der Waals surface area contributed by atoms with Gasteiger partial charge in [0.2, 0.25) is 11.6 Å². The molecule has 0 saturated heterocycles. The number of carbonyl (C=O) groups excluding carboxylic acids is 2. The summed E-state index contributed by atoms with van der Waals surface area (Å²) in [6.45, 7) is 0. The first-order valence-electron chi connectivity index (χ1n) is 10.4. The van der Waals surface area contributed by atoms with Crippen molar-refractivity contribution in [2.45, 2.75) is 0 Å². The summed E-state index contributed by atoms with van der Waals surface area (Å²) in [5, 5.41) is 0.0433. The zero-order valence-corrected chi connectivity index (χ0v) is 23.2. The van der Waals surface area contributed by atoms with Gasteiger partial charge in [-0.05, 0) is 24.3 Å². The Balaban J connectivity index is 1.95. The van der Waals surface area contributed by atoms with Crippen LogP contribution in [0.3, 0.4) is 0 Å². The second-order valence-electron chi connectivity index (χ2n) is 7.53. The molecule has 1 N–H and O–H groups in total. The maximum absolute atomic E-state index is 13.8. The number of rotatable bonds is 8. The summed E-state index contributed by atoms with van der Waals surface area (Å²) in [5.41, 5.74) is 0.285. The van der Waals surface area contributed by atoms with Crippen molar-refractivity contribution in [3.8, 4) is 22.9 Å². The van der Waals surface area contributed by atoms with Gasteiger partial charge in [0.05, 0.1) is 53.9 Å². The Morgan fingerprint density at radius 1 is 0.757 bits per heavy atom. The van der Waals surface area contributed by atoms with E-state index in [-0.39, 0.29) is 59.3 Å². The molecule has 192 valence electrons. The summed E-state index contributed by atoms with van der Waals surface area (Å²) in [6, 6.07) is 10.8. The lowest BCUT2D eigenvalue weighted by Crippen LogP contribution is -2.14. The van der Waals surface area contributed by atoms with Crippen LogP contribution in [0.4, 0.5) is 0 Å². The first-order valence-corrected chi connectivity index (χ1v) is 12.3. The van der Waals surface area contributed by atoms with Crippen LogP contribution in [0.15, 0.2) is 42.5 Å². The molecule has 0 saturated carbocycles. The Kier molecular flexibility index (Phi) is 8.02. The van der Waals surface area contributed by atoms with E-state index in [4.69, 9.17) is 72.2 Å². The van der Waals surface area contributed by atoms with Gasteiger partial charge in [-0.15, -0.1) is 0 Å². The third-order valence-electron chi connectivity index (χ3n) is 5.52. The van der Waals surface area contributed by atoms with E-state index in [2.05, 4.69) is 4.98 Å². The summed E-state index contributed by atoms with van der Waals surface area (Å²) >= 11 is 32.0. The molecule has 4 rings (SSSR count). The van der Waals surface area contributed by atoms with Crippen molar-refractivity contribution in [2.24, 2.45) is 0 Å². The number of para-hydroxylation sites is 1. The quantitative estimate of drug-likeness (QED) is 0.211. The van der Waals surface area contributed by atoms with Crippen molar-refractivity contribution in [1.29, 1.82) is 0 Å². The monoisotopic (exact) mass is 600 g/mol. The molecule has 0 aliphatic rings. The maximum atomic E-state index is 13.8. The Labute approximate surface area is 236 Å². The van der Waals surface area contributed by atoms with E-state index in [1.165, 1.54) is 44.1 Å². The fourth-order valence-electron chi connectivity index (χ4n) is 3.80. The molecule has 0 radical (unpaired) electrons. The minimum Gasteiger partial charge on any atom is -0.496 e. The largest absolute Gasteiger partial charge is 0.496 e. The van der Waals surface area contributed by atoms with Gasteiger partial charge < -0.3 is 19.2 Å². The Bertz CT molecular complexity index is 1540. The van der Waals surface area contributed by atoms with E-state index in [0.29, 0.717) is 11.5 Å². The highest BCUT2D eigenvalue weighted by molar-refractivity contribution is 6.45. The molecule has 2 heterocycles. The van der Waals surface area contributed by atoms with E-state index in [1.54, 1.807) is 24.3 Å². The number of benzene rings is 2. The first-order chi connectivity index (χ1) is 17.6. The third kappa shape index (κ3) is 4.78. The molecule has 2 aromatic heterocycles. The lowest BCUT2D eigenvalue weighted by Gasteiger charge is -2.15. The molecule has 37 heavy (non-hydrogen) atoms. The van der Waals surface area contributed by atoms with Crippen LogP contribution < -0.4 is 14.2 Å². The highest BCUT2D eigenvalue weighted by Crippen LogP contribution is 2.41. The molecule has 7 nitrogen and oxygen atoms in total. The number of nitrogens with zero attached hydrogens (tertiary/aromatic N) is 1. The standard InChI is InChI=1S/C25H17Cl5N2O5/c1-35-16-7-5-4-6-11(16)23(34)20-21(19(28)24(29)31-20)32-15(9-14(27)25(32)30)22(33)12-8-13(26)18(37-3)10-17(12)36-2/h4-10,31H,1-3H3. The van der Waals surface area contributed by atoms with Crippen molar-refractivity contribution in [2.75, 3.05) is 21.3 Å². The Morgan fingerprint density at radius 2 is 1.41 bits per heavy atom. The van der Waals surface area contributed by atoms with Gasteiger partial charge in [-0.1, -0.05) is 70.1 Å². The number of carbonyl (C=O) groups is 2. The molecular weight excluding hydrogens is 586 g/mol. The van der Waals surface area contributed by atoms with Crippen LogP contribution in [-0.4, -0.2) is 42.4 Å². The molecular formula is C25H17Cl5N2O5. The van der Waals surface area contributed by atoms with E-state index >= 15 is 0 Å². The SMILES string of the molecule is COc1cc(OC)c(C(=O)c2cc(Cl)c(Cl)n2-c2c(C(=O)c3ccccc3OC)[nH]c(Cl)c2Cl)cc1Cl. The fourth-order valence-corrected chi connectivity index (χ4v) is 4.87. The van der Waals surface area contributed by atoms with Crippen molar-refractivity contribution in [3.05, 3.63) is 90.4 Å². The highest BCUT2D eigenvalue weighted by Gasteiger charge is 2.31. The first kappa shape index (κ1) is 27.2. The third-order valence-corrected chi connectivity index (χ3v) is 7.32. The van der Waals surface area contributed by atoms with Crippen LogP contribution >= 0.6 is 58.0 Å². The maximum Gasteiger partial charge on any atom is 0.215 e. The van der Waals surface area contributed by atoms with Crippen molar-refractivity contribution in [3.63, 3.8) is 0 Å². The number of nitrogens with one attached hydrogen (secondary N) is 1. The number of methoxy groups -OCH3 is 3. The second kappa shape index (κ2) is 10.9. The van der Waals surface area contributed by atoms with Crippen molar-refractivity contribution in [1.82, 2.24) is 9.55 Å². The molecule has 12 heteroatoms. The molecule has 0 unspecified atom stereocenters. The molecule has 0 spiro atoms. The van der Waals surface area contributed by atoms with Gasteiger partial charge in [0, 0.05) is 6.07 Å². The molecule has 0 aliphatic heterocycles. The topological polar surface area (TPSA) is 82.6 Å². The molecule has 0 bridgehead atoms. The van der Waals surface area contributed by atoms with Gasteiger partial charge in [0.15, 0.2) is 0 Å². The summed E-state index contributed by atoms with van der Waals surface area (Å²) in [7, 11) is 4.27. The van der Waals surface area contributed by atoms with Gasteiger partial charge in [-0.3, -0.25) is 14.2 Å². The molecule has 0 amide bonds. The minimum absolute atomic E-state index is 0.0267. The number of hydrogen-bond donors (Lipinski definition) is 1. The number of ketones is 2. The van der Waals surface area contributed by atoms with Crippen molar-refractivity contribution < 1.29 is 23.8 Å². The Hall–Kier alpha value is -2.81. The smallest absolute Gasteiger partial charge is 0.215 e. The number of halogens is 5. The summed E-state index contributed by atoms with van der Waals surface area (Å²) in [4.78, 5) is 30.2. The van der Waals surface area contributed by atoms with Crippen LogP contribution in [0.2, 0.25) is 25.4 Å². The fraction of sp³-hybridized carbons (Fsp3) is 0.120. The molecule has 2 aromatic carbocycles. The zero-order valence-electron chi connectivity index (χ0n) is 19.4. The van der Waals surface area contributed by atoms with Crippen molar-refractivity contribution >= 4 is 69.6 Å². The van der Waals surface area contributed by atoms with Crippen LogP contribution in [0, 0.1) is 0 Å². The predicted molar refractivity (Wildman–Crippen MR) is 145 cm³/mol. The summed E-state index contributed by atoms with van der Waals surface area (Å²) in [5.74, 6) is -0.253. The molecule has 4 aromatic rings. The van der Waals surface area contributed by atoms with E-state index < -0.39 is 11.6 Å².